The van der Waals surface area contributed by atoms with Crippen LogP contribution >= 0.6 is 0 Å². The van der Waals surface area contributed by atoms with Gasteiger partial charge in [-0.1, -0.05) is 19.4 Å². The summed E-state index contributed by atoms with van der Waals surface area (Å²) in [4.78, 5) is 5.18. The minimum absolute atomic E-state index is 0.824. The van der Waals surface area contributed by atoms with Crippen LogP contribution in [0.2, 0.25) is 0 Å². The van der Waals surface area contributed by atoms with E-state index >= 15 is 0 Å². The molecular formula is C21H35N3. The fourth-order valence-corrected chi connectivity index (χ4v) is 4.49. The molecule has 2 heterocycles. The van der Waals surface area contributed by atoms with Gasteiger partial charge in [-0.05, 0) is 82.2 Å². The number of hydrogen-bond acceptors (Lipinski definition) is 3. The van der Waals surface area contributed by atoms with Crippen LogP contribution in [0.3, 0.4) is 0 Å². The normalized spacial score (nSPS) is 22.7. The molecule has 0 aliphatic carbocycles. The molecule has 1 aromatic rings. The molecule has 2 aliphatic heterocycles. The lowest BCUT2D eigenvalue weighted by atomic mass is 9.99. The maximum atomic E-state index is 6.36. The number of hydrogen-bond donors (Lipinski definition) is 1. The zero-order valence-electron chi connectivity index (χ0n) is 15.5. The summed E-state index contributed by atoms with van der Waals surface area (Å²) in [7, 11) is 0. The summed E-state index contributed by atoms with van der Waals surface area (Å²) in [6.45, 7) is 7.21. The van der Waals surface area contributed by atoms with E-state index in [9.17, 15) is 0 Å². The first-order valence-corrected chi connectivity index (χ1v) is 10.2. The molecule has 1 atom stereocenters. The zero-order valence-corrected chi connectivity index (χ0v) is 15.5. The van der Waals surface area contributed by atoms with E-state index < -0.39 is 0 Å². The first kappa shape index (κ1) is 17.6. The quantitative estimate of drug-likeness (QED) is 0.782. The molecule has 0 spiro atoms. The highest BCUT2D eigenvalue weighted by molar-refractivity contribution is 5.68. The Morgan fingerprint density at radius 3 is 2.58 bits per heavy atom. The van der Waals surface area contributed by atoms with Crippen molar-refractivity contribution in [3.8, 4) is 0 Å². The van der Waals surface area contributed by atoms with Gasteiger partial charge in [0.15, 0.2) is 0 Å². The number of anilines is 2. The molecule has 2 fully saturated rings. The number of likely N-dealkylation sites (tertiary alicyclic amines) is 1. The van der Waals surface area contributed by atoms with E-state index in [1.165, 1.54) is 75.7 Å². The lowest BCUT2D eigenvalue weighted by Gasteiger charge is -2.35. The SMILES string of the molecule is CCC1CCCCN1CCCc1ccc(N2CCCCC2)c(N)c1. The van der Waals surface area contributed by atoms with Gasteiger partial charge < -0.3 is 15.5 Å². The number of nitrogens with zero attached hydrogens (tertiary/aromatic N) is 2. The smallest absolute Gasteiger partial charge is 0.0600 e. The van der Waals surface area contributed by atoms with E-state index in [2.05, 4.69) is 34.9 Å². The molecule has 0 aromatic heterocycles. The highest BCUT2D eigenvalue weighted by atomic mass is 15.2. The van der Waals surface area contributed by atoms with Gasteiger partial charge in [0.2, 0.25) is 0 Å². The van der Waals surface area contributed by atoms with Crippen LogP contribution in [0.4, 0.5) is 11.4 Å². The molecule has 1 aromatic carbocycles. The summed E-state index contributed by atoms with van der Waals surface area (Å²) in [5.74, 6) is 0. The van der Waals surface area contributed by atoms with Gasteiger partial charge >= 0.3 is 0 Å². The summed E-state index contributed by atoms with van der Waals surface area (Å²) in [5, 5.41) is 0. The van der Waals surface area contributed by atoms with E-state index in [1.54, 1.807) is 0 Å². The van der Waals surface area contributed by atoms with Crippen molar-refractivity contribution in [2.75, 3.05) is 36.8 Å². The summed E-state index contributed by atoms with van der Waals surface area (Å²) >= 11 is 0. The van der Waals surface area contributed by atoms with Gasteiger partial charge in [-0.15, -0.1) is 0 Å². The number of aryl methyl sites for hydroxylation is 1. The number of nitrogen functional groups attached to an aromatic ring is 1. The van der Waals surface area contributed by atoms with Crippen LogP contribution in [-0.2, 0) is 6.42 Å². The minimum atomic E-state index is 0.824. The van der Waals surface area contributed by atoms with Crippen LogP contribution in [0.5, 0.6) is 0 Å². The fourth-order valence-electron chi connectivity index (χ4n) is 4.49. The molecule has 3 heteroatoms. The third kappa shape index (κ3) is 4.44. The average Bonchev–Trinajstić information content (AvgIpc) is 2.63. The van der Waals surface area contributed by atoms with Gasteiger partial charge in [0.05, 0.1) is 11.4 Å². The summed E-state index contributed by atoms with van der Waals surface area (Å²) in [6.07, 6.45) is 11.9. The predicted octanol–water partition coefficient (Wildman–Crippen LogP) is 4.46. The first-order valence-electron chi connectivity index (χ1n) is 10.2. The molecular weight excluding hydrogens is 294 g/mol. The van der Waals surface area contributed by atoms with E-state index in [0.29, 0.717) is 0 Å². The highest BCUT2D eigenvalue weighted by Gasteiger charge is 2.20. The first-order chi connectivity index (χ1) is 11.8. The van der Waals surface area contributed by atoms with Crippen LogP contribution in [-0.4, -0.2) is 37.1 Å². The Morgan fingerprint density at radius 1 is 1.04 bits per heavy atom. The highest BCUT2D eigenvalue weighted by Crippen LogP contribution is 2.28. The van der Waals surface area contributed by atoms with Crippen LogP contribution in [0, 0.1) is 0 Å². The summed E-state index contributed by atoms with van der Waals surface area (Å²) in [6, 6.07) is 7.60. The van der Waals surface area contributed by atoms with Gasteiger partial charge in [-0.2, -0.15) is 0 Å². The fraction of sp³-hybridized carbons (Fsp3) is 0.714. The van der Waals surface area contributed by atoms with Gasteiger partial charge in [0.1, 0.15) is 0 Å². The maximum absolute atomic E-state index is 6.36. The van der Waals surface area contributed by atoms with Crippen molar-refractivity contribution in [1.29, 1.82) is 0 Å². The number of piperidine rings is 2. The lowest BCUT2D eigenvalue weighted by Crippen LogP contribution is -2.39. The van der Waals surface area contributed by atoms with Gasteiger partial charge in [-0.25, -0.2) is 0 Å². The van der Waals surface area contributed by atoms with Gasteiger partial charge in [0.25, 0.3) is 0 Å². The third-order valence-corrected chi connectivity index (χ3v) is 5.92. The molecule has 3 rings (SSSR count). The van der Waals surface area contributed by atoms with Crippen LogP contribution in [0.15, 0.2) is 18.2 Å². The lowest BCUT2D eigenvalue weighted by molar-refractivity contribution is 0.142. The van der Waals surface area contributed by atoms with E-state index in [4.69, 9.17) is 5.73 Å². The van der Waals surface area contributed by atoms with Crippen molar-refractivity contribution >= 4 is 11.4 Å². The number of rotatable bonds is 6. The number of nitrogens with two attached hydrogens (primary N) is 1. The van der Waals surface area contributed by atoms with Crippen molar-refractivity contribution in [2.45, 2.75) is 70.8 Å². The average molecular weight is 330 g/mol. The minimum Gasteiger partial charge on any atom is -0.397 e. The molecule has 0 bridgehead atoms. The predicted molar refractivity (Wildman–Crippen MR) is 105 cm³/mol. The van der Waals surface area contributed by atoms with Gasteiger partial charge in [-0.3, -0.25) is 0 Å². The molecule has 2 saturated heterocycles. The summed E-state index contributed by atoms with van der Waals surface area (Å²) < 4.78 is 0. The van der Waals surface area contributed by atoms with Crippen LogP contribution in [0.25, 0.3) is 0 Å². The van der Waals surface area contributed by atoms with Crippen LogP contribution in [0.1, 0.15) is 63.9 Å². The second kappa shape index (κ2) is 8.75. The molecule has 0 saturated carbocycles. The molecule has 134 valence electrons. The molecule has 3 nitrogen and oxygen atoms in total. The summed E-state index contributed by atoms with van der Waals surface area (Å²) in [5.41, 5.74) is 9.98. The van der Waals surface area contributed by atoms with E-state index in [-0.39, 0.29) is 0 Å². The monoisotopic (exact) mass is 329 g/mol. The van der Waals surface area contributed by atoms with Gasteiger partial charge in [0, 0.05) is 19.1 Å². The second-order valence-corrected chi connectivity index (χ2v) is 7.64. The molecule has 0 radical (unpaired) electrons. The maximum Gasteiger partial charge on any atom is 0.0600 e. The Bertz CT molecular complexity index is 508. The van der Waals surface area contributed by atoms with Crippen molar-refractivity contribution in [3.63, 3.8) is 0 Å². The Labute approximate surface area is 148 Å². The Balaban J connectivity index is 1.51. The number of benzene rings is 1. The van der Waals surface area contributed by atoms with Crippen molar-refractivity contribution in [3.05, 3.63) is 23.8 Å². The molecule has 2 N–H and O–H groups in total. The molecule has 2 aliphatic rings. The Hall–Kier alpha value is -1.22. The zero-order chi connectivity index (χ0) is 16.8. The van der Waals surface area contributed by atoms with E-state index in [0.717, 1.165) is 31.2 Å². The topological polar surface area (TPSA) is 32.5 Å². The van der Waals surface area contributed by atoms with E-state index in [1.807, 2.05) is 0 Å². The molecule has 1 unspecified atom stereocenters. The standard InChI is InChI=1S/C21H35N3/c1-2-19-10-4-7-13-23(19)16-8-9-18-11-12-21(20(22)17-18)24-14-5-3-6-15-24/h11-12,17,19H,2-10,13-16,22H2,1H3. The Kier molecular flexibility index (Phi) is 6.42. The Morgan fingerprint density at radius 2 is 1.83 bits per heavy atom. The second-order valence-electron chi connectivity index (χ2n) is 7.64. The van der Waals surface area contributed by atoms with Crippen molar-refractivity contribution < 1.29 is 0 Å². The van der Waals surface area contributed by atoms with Crippen LogP contribution < -0.4 is 10.6 Å². The molecule has 0 amide bonds. The largest absolute Gasteiger partial charge is 0.397 e. The molecule has 24 heavy (non-hydrogen) atoms. The third-order valence-electron chi connectivity index (χ3n) is 5.92. The van der Waals surface area contributed by atoms with Crippen molar-refractivity contribution in [2.24, 2.45) is 0 Å². The van der Waals surface area contributed by atoms with Crippen molar-refractivity contribution in [1.82, 2.24) is 4.90 Å².